The molecule has 65 heavy (non-hydrogen) atoms. The highest BCUT2D eigenvalue weighted by Gasteiger charge is 2.20. The van der Waals surface area contributed by atoms with Crippen LogP contribution >= 0.6 is 11.3 Å². The summed E-state index contributed by atoms with van der Waals surface area (Å²) in [4.78, 5) is 39.5. The second-order valence-electron chi connectivity index (χ2n) is 16.0. The molecule has 0 saturated carbocycles. The second-order valence-corrected chi connectivity index (χ2v) is 17.1. The maximum atomic E-state index is 5.35. The van der Waals surface area contributed by atoms with Gasteiger partial charge in [-0.2, -0.15) is 0 Å². The Morgan fingerprint density at radius 1 is 0.308 bits per heavy atom. The van der Waals surface area contributed by atoms with Gasteiger partial charge in [-0.05, 0) is 106 Å². The molecule has 0 fully saturated rings. The van der Waals surface area contributed by atoms with Crippen molar-refractivity contribution in [1.82, 2.24) is 39.9 Å². The molecule has 7 heterocycles. The molecule has 7 aromatic heterocycles. The Kier molecular flexibility index (Phi) is 8.53. The van der Waals surface area contributed by atoms with Gasteiger partial charge in [0.2, 0.25) is 0 Å². The van der Waals surface area contributed by atoms with Gasteiger partial charge < -0.3 is 0 Å². The average molecular weight is 849 g/mol. The second kappa shape index (κ2) is 15.0. The zero-order valence-corrected chi connectivity index (χ0v) is 35.3. The van der Waals surface area contributed by atoms with Crippen LogP contribution in [0.2, 0.25) is 0 Å². The highest BCUT2D eigenvalue weighted by Crippen LogP contribution is 2.41. The van der Waals surface area contributed by atoms with Crippen LogP contribution in [0.1, 0.15) is 0 Å². The van der Waals surface area contributed by atoms with E-state index < -0.39 is 0 Å². The predicted molar refractivity (Wildman–Crippen MR) is 264 cm³/mol. The molecular formula is C56H32N8S. The van der Waals surface area contributed by atoms with Crippen LogP contribution in [0.15, 0.2) is 195 Å². The Morgan fingerprint density at radius 3 is 1.46 bits per heavy atom. The summed E-state index contributed by atoms with van der Waals surface area (Å²) in [5.74, 6) is 1.71. The number of pyridine rings is 5. The van der Waals surface area contributed by atoms with Crippen LogP contribution < -0.4 is 0 Å². The maximum Gasteiger partial charge on any atom is 0.164 e. The lowest BCUT2D eigenvalue weighted by molar-refractivity contribution is 1.07. The minimum Gasteiger partial charge on any atom is -0.264 e. The summed E-state index contributed by atoms with van der Waals surface area (Å²) in [5, 5.41) is 6.46. The van der Waals surface area contributed by atoms with Crippen molar-refractivity contribution in [2.45, 2.75) is 0 Å². The quantitative estimate of drug-likeness (QED) is 0.152. The van der Waals surface area contributed by atoms with Gasteiger partial charge in [0.1, 0.15) is 0 Å². The van der Waals surface area contributed by atoms with Gasteiger partial charge in [-0.15, -0.1) is 11.3 Å². The standard InChI is InChI=1S/C56H32N8S/c1-2-14-48-42(11-1)43-20-19-37(31-49(43)65-48)55-62-54(34-17-15-33(16-18-34)38-10-3-21-57-32-38)63-56(64-55)41-27-39(46-29-35-8-4-22-58-50(35)52-44(46)12-6-24-60-52)26-40(28-41)47-30-36-9-5-23-59-51(36)53-45(47)13-7-25-61-53/h1-32H. The molecule has 0 saturated heterocycles. The summed E-state index contributed by atoms with van der Waals surface area (Å²) in [7, 11) is 0. The molecule has 0 unspecified atom stereocenters. The first-order valence-electron chi connectivity index (χ1n) is 21.3. The highest BCUT2D eigenvalue weighted by molar-refractivity contribution is 7.25. The molecule has 13 rings (SSSR count). The third kappa shape index (κ3) is 6.36. The van der Waals surface area contributed by atoms with Crippen LogP contribution in [0.25, 0.3) is 131 Å². The van der Waals surface area contributed by atoms with Gasteiger partial charge in [-0.3, -0.25) is 24.9 Å². The maximum absolute atomic E-state index is 5.35. The van der Waals surface area contributed by atoms with Crippen LogP contribution in [0.4, 0.5) is 0 Å². The molecule has 0 bridgehead atoms. The number of hydrogen-bond donors (Lipinski definition) is 0. The molecule has 0 aliphatic heterocycles. The van der Waals surface area contributed by atoms with Gasteiger partial charge in [0, 0.05) is 95.6 Å². The van der Waals surface area contributed by atoms with Crippen LogP contribution in [-0.2, 0) is 0 Å². The van der Waals surface area contributed by atoms with E-state index in [2.05, 4.69) is 132 Å². The Hall–Kier alpha value is -8.66. The van der Waals surface area contributed by atoms with Crippen LogP contribution in [0.3, 0.4) is 0 Å². The Morgan fingerprint density at radius 2 is 0.815 bits per heavy atom. The van der Waals surface area contributed by atoms with E-state index in [1.165, 1.54) is 20.2 Å². The molecule has 0 radical (unpaired) electrons. The molecule has 302 valence electrons. The van der Waals surface area contributed by atoms with E-state index in [9.17, 15) is 0 Å². The van der Waals surface area contributed by atoms with Crippen molar-refractivity contribution in [2.24, 2.45) is 0 Å². The van der Waals surface area contributed by atoms with Crippen molar-refractivity contribution in [2.75, 3.05) is 0 Å². The SMILES string of the molecule is c1cncc(-c2ccc(-c3nc(-c4cc(-c5cc6cccnc6c6ncccc56)cc(-c5cc6cccnc6c6ncccc56)c4)nc(-c4ccc5c(c4)sc4ccccc45)n3)cc2)c1. The van der Waals surface area contributed by atoms with E-state index in [0.717, 1.165) is 93.7 Å². The molecule has 0 atom stereocenters. The fraction of sp³-hybridized carbons (Fsp3) is 0. The first-order valence-corrected chi connectivity index (χ1v) is 22.1. The molecule has 0 amide bonds. The molecule has 0 aliphatic carbocycles. The lowest BCUT2D eigenvalue weighted by Gasteiger charge is -2.16. The summed E-state index contributed by atoms with van der Waals surface area (Å²) in [5.41, 5.74) is 12.2. The third-order valence-corrected chi connectivity index (χ3v) is 13.3. The van der Waals surface area contributed by atoms with Crippen molar-refractivity contribution >= 4 is 75.1 Å². The molecule has 6 aromatic carbocycles. The smallest absolute Gasteiger partial charge is 0.164 e. The zero-order chi connectivity index (χ0) is 42.8. The third-order valence-electron chi connectivity index (χ3n) is 12.1. The van der Waals surface area contributed by atoms with Crippen LogP contribution in [0.5, 0.6) is 0 Å². The monoisotopic (exact) mass is 848 g/mol. The van der Waals surface area contributed by atoms with E-state index in [0.29, 0.717) is 17.5 Å². The Bertz CT molecular complexity index is 3880. The normalized spacial score (nSPS) is 11.7. The molecule has 0 spiro atoms. The van der Waals surface area contributed by atoms with Crippen LogP contribution in [-0.4, -0.2) is 39.9 Å². The number of benzene rings is 6. The zero-order valence-electron chi connectivity index (χ0n) is 34.5. The van der Waals surface area contributed by atoms with Gasteiger partial charge in [0.05, 0.1) is 22.1 Å². The topological polar surface area (TPSA) is 103 Å². The summed E-state index contributed by atoms with van der Waals surface area (Å²) in [6.45, 7) is 0. The first-order chi connectivity index (χ1) is 32.2. The van der Waals surface area contributed by atoms with Crippen LogP contribution in [0, 0.1) is 0 Å². The van der Waals surface area contributed by atoms with Gasteiger partial charge in [0.15, 0.2) is 17.5 Å². The Labute approximate surface area is 375 Å². The number of rotatable bonds is 6. The van der Waals surface area contributed by atoms with Gasteiger partial charge in [0.25, 0.3) is 0 Å². The fourth-order valence-corrected chi connectivity index (χ4v) is 10.2. The van der Waals surface area contributed by atoms with Crippen molar-refractivity contribution in [3.8, 4) is 67.5 Å². The van der Waals surface area contributed by atoms with E-state index in [4.69, 9.17) is 34.9 Å². The van der Waals surface area contributed by atoms with E-state index in [1.807, 2.05) is 61.3 Å². The average Bonchev–Trinajstić information content (AvgIpc) is 3.76. The molecule has 8 nitrogen and oxygen atoms in total. The summed E-state index contributed by atoms with van der Waals surface area (Å²) in [6.07, 6.45) is 11.0. The van der Waals surface area contributed by atoms with E-state index in [1.54, 1.807) is 17.5 Å². The van der Waals surface area contributed by atoms with Gasteiger partial charge >= 0.3 is 0 Å². The molecule has 9 heteroatoms. The van der Waals surface area contributed by atoms with E-state index >= 15 is 0 Å². The number of aromatic nitrogens is 8. The molecular weight excluding hydrogens is 817 g/mol. The lowest BCUT2D eigenvalue weighted by atomic mass is 9.91. The highest BCUT2D eigenvalue weighted by atomic mass is 32.1. The van der Waals surface area contributed by atoms with Crippen molar-refractivity contribution < 1.29 is 0 Å². The van der Waals surface area contributed by atoms with Gasteiger partial charge in [-0.25, -0.2) is 15.0 Å². The van der Waals surface area contributed by atoms with Crippen molar-refractivity contribution in [3.63, 3.8) is 0 Å². The van der Waals surface area contributed by atoms with Crippen molar-refractivity contribution in [3.05, 3.63) is 195 Å². The number of fused-ring (bicyclic) bond motifs is 9. The Balaban J connectivity index is 1.07. The minimum atomic E-state index is 0.552. The minimum absolute atomic E-state index is 0.552. The molecule has 0 N–H and O–H groups in total. The van der Waals surface area contributed by atoms with E-state index in [-0.39, 0.29) is 0 Å². The first kappa shape index (κ1) is 36.9. The predicted octanol–water partition coefficient (Wildman–Crippen LogP) is 13.8. The van der Waals surface area contributed by atoms with Gasteiger partial charge in [-0.1, -0.05) is 84.9 Å². The summed E-state index contributed by atoms with van der Waals surface area (Å²) < 4.78 is 2.42. The van der Waals surface area contributed by atoms with Crippen molar-refractivity contribution in [1.29, 1.82) is 0 Å². The number of hydrogen-bond acceptors (Lipinski definition) is 9. The number of thiophene rings is 1. The molecule has 13 aromatic rings. The summed E-state index contributed by atoms with van der Waals surface area (Å²) in [6, 6.07) is 54.9. The number of nitrogens with zero attached hydrogens (tertiary/aromatic N) is 8. The lowest BCUT2D eigenvalue weighted by Crippen LogP contribution is -2.01. The fourth-order valence-electron chi connectivity index (χ4n) is 9.07. The largest absolute Gasteiger partial charge is 0.264 e. The summed E-state index contributed by atoms with van der Waals surface area (Å²) >= 11 is 1.78. The molecule has 0 aliphatic rings.